The Morgan fingerprint density at radius 1 is 1.32 bits per heavy atom. The molecule has 0 saturated heterocycles. The summed E-state index contributed by atoms with van der Waals surface area (Å²) in [7, 11) is 0. The number of pyridine rings is 1. The number of oxazole rings is 1. The Hall–Kier alpha value is -2.89. The zero-order valence-electron chi connectivity index (χ0n) is 14.1. The lowest BCUT2D eigenvalue weighted by molar-refractivity contribution is 0.0957. The van der Waals surface area contributed by atoms with Gasteiger partial charge in [-0.15, -0.1) is 0 Å². The van der Waals surface area contributed by atoms with E-state index in [1.807, 2.05) is 31.2 Å². The van der Waals surface area contributed by atoms with E-state index in [4.69, 9.17) is 4.42 Å². The minimum atomic E-state index is -0.0974. The van der Waals surface area contributed by atoms with Crippen LogP contribution in [0.15, 0.2) is 40.9 Å². The van der Waals surface area contributed by atoms with Gasteiger partial charge in [-0.25, -0.2) is 9.97 Å². The second-order valence-corrected chi connectivity index (χ2v) is 6.22. The average molecular weight is 336 g/mol. The van der Waals surface area contributed by atoms with E-state index in [-0.39, 0.29) is 5.91 Å². The summed E-state index contributed by atoms with van der Waals surface area (Å²) in [6, 6.07) is 9.43. The smallest absolute Gasteiger partial charge is 0.252 e. The van der Waals surface area contributed by atoms with Crippen LogP contribution in [-0.2, 0) is 6.54 Å². The maximum Gasteiger partial charge on any atom is 0.252 e. The lowest BCUT2D eigenvalue weighted by atomic mass is 10.1. The van der Waals surface area contributed by atoms with Crippen LogP contribution in [0.3, 0.4) is 0 Å². The number of carbonyl (C=O) groups is 1. The Labute approximate surface area is 145 Å². The van der Waals surface area contributed by atoms with Gasteiger partial charge in [-0.3, -0.25) is 4.79 Å². The quantitative estimate of drug-likeness (QED) is 0.720. The summed E-state index contributed by atoms with van der Waals surface area (Å²) in [4.78, 5) is 21.3. The number of carbonyl (C=O) groups excluding carboxylic acids is 1. The summed E-state index contributed by atoms with van der Waals surface area (Å²) in [5, 5.41) is 6.94. The van der Waals surface area contributed by atoms with E-state index in [0.29, 0.717) is 30.4 Å². The van der Waals surface area contributed by atoms with E-state index >= 15 is 0 Å². The molecule has 25 heavy (non-hydrogen) atoms. The van der Waals surface area contributed by atoms with Crippen LogP contribution in [0.1, 0.15) is 47.7 Å². The third-order valence-corrected chi connectivity index (χ3v) is 4.24. The number of hydrogen-bond donors (Lipinski definition) is 2. The molecule has 1 aliphatic carbocycles. The molecule has 0 atom stereocenters. The van der Waals surface area contributed by atoms with Crippen LogP contribution < -0.4 is 10.6 Å². The first-order chi connectivity index (χ1) is 12.2. The second-order valence-electron chi connectivity index (χ2n) is 6.22. The zero-order valence-corrected chi connectivity index (χ0v) is 14.1. The number of nitrogens with one attached hydrogen (secondary N) is 2. The molecule has 1 amide bonds. The molecule has 1 fully saturated rings. The van der Waals surface area contributed by atoms with Crippen LogP contribution in [0.5, 0.6) is 0 Å². The SMILES string of the molecule is CCNC(=O)c1cc(NCc2cnc(C3CC3)o2)nc2ccccc12. The van der Waals surface area contributed by atoms with Gasteiger partial charge in [-0.2, -0.15) is 0 Å². The Morgan fingerprint density at radius 3 is 2.96 bits per heavy atom. The van der Waals surface area contributed by atoms with E-state index in [0.717, 1.165) is 35.4 Å². The molecule has 128 valence electrons. The van der Waals surface area contributed by atoms with Gasteiger partial charge < -0.3 is 15.1 Å². The van der Waals surface area contributed by atoms with Gasteiger partial charge in [0.25, 0.3) is 5.91 Å². The summed E-state index contributed by atoms with van der Waals surface area (Å²) >= 11 is 0. The molecule has 4 rings (SSSR count). The second kappa shape index (κ2) is 6.55. The van der Waals surface area contributed by atoms with Gasteiger partial charge in [0.1, 0.15) is 11.6 Å². The number of anilines is 1. The molecule has 1 aromatic carbocycles. The molecular weight excluding hydrogens is 316 g/mol. The summed E-state index contributed by atoms with van der Waals surface area (Å²) in [6.07, 6.45) is 4.08. The summed E-state index contributed by atoms with van der Waals surface area (Å²) in [6.45, 7) is 2.97. The van der Waals surface area contributed by atoms with E-state index < -0.39 is 0 Å². The lowest BCUT2D eigenvalue weighted by Gasteiger charge is -2.10. The van der Waals surface area contributed by atoms with Crippen molar-refractivity contribution in [3.63, 3.8) is 0 Å². The van der Waals surface area contributed by atoms with Gasteiger partial charge in [-0.1, -0.05) is 18.2 Å². The third kappa shape index (κ3) is 3.33. The number of rotatable bonds is 6. The summed E-state index contributed by atoms with van der Waals surface area (Å²) < 4.78 is 5.75. The normalized spacial score (nSPS) is 13.8. The topological polar surface area (TPSA) is 80.0 Å². The highest BCUT2D eigenvalue weighted by atomic mass is 16.4. The molecule has 0 aliphatic heterocycles. The molecule has 1 saturated carbocycles. The first-order valence-corrected chi connectivity index (χ1v) is 8.61. The van der Waals surface area contributed by atoms with Crippen molar-refractivity contribution in [3.8, 4) is 0 Å². The molecule has 6 heteroatoms. The van der Waals surface area contributed by atoms with Gasteiger partial charge in [-0.05, 0) is 31.9 Å². The van der Waals surface area contributed by atoms with Crippen molar-refractivity contribution in [1.29, 1.82) is 0 Å². The fourth-order valence-corrected chi connectivity index (χ4v) is 2.81. The molecule has 2 heterocycles. The van der Waals surface area contributed by atoms with Crippen LogP contribution in [-0.4, -0.2) is 22.4 Å². The minimum absolute atomic E-state index is 0.0974. The van der Waals surface area contributed by atoms with Crippen molar-refractivity contribution in [1.82, 2.24) is 15.3 Å². The Bertz CT molecular complexity index is 915. The maximum atomic E-state index is 12.4. The largest absolute Gasteiger partial charge is 0.444 e. The number of amides is 1. The van der Waals surface area contributed by atoms with E-state index in [1.54, 1.807) is 12.3 Å². The predicted molar refractivity (Wildman–Crippen MR) is 95.6 cm³/mol. The van der Waals surface area contributed by atoms with Gasteiger partial charge in [0, 0.05) is 17.8 Å². The maximum absolute atomic E-state index is 12.4. The number of hydrogen-bond acceptors (Lipinski definition) is 5. The van der Waals surface area contributed by atoms with Crippen molar-refractivity contribution >= 4 is 22.6 Å². The molecule has 0 spiro atoms. The van der Waals surface area contributed by atoms with Crippen LogP contribution in [0.25, 0.3) is 10.9 Å². The molecular formula is C19H20N4O2. The van der Waals surface area contributed by atoms with Crippen molar-refractivity contribution in [3.05, 3.63) is 53.7 Å². The van der Waals surface area contributed by atoms with Gasteiger partial charge >= 0.3 is 0 Å². The lowest BCUT2D eigenvalue weighted by Crippen LogP contribution is -2.23. The van der Waals surface area contributed by atoms with Gasteiger partial charge in [0.05, 0.1) is 23.8 Å². The first-order valence-electron chi connectivity index (χ1n) is 8.61. The van der Waals surface area contributed by atoms with Crippen molar-refractivity contribution in [2.24, 2.45) is 0 Å². The first kappa shape index (κ1) is 15.6. The molecule has 0 bridgehead atoms. The number of benzene rings is 1. The van der Waals surface area contributed by atoms with Crippen LogP contribution in [0, 0.1) is 0 Å². The Morgan fingerprint density at radius 2 is 2.16 bits per heavy atom. The molecule has 0 unspecified atom stereocenters. The van der Waals surface area contributed by atoms with Crippen LogP contribution >= 0.6 is 0 Å². The van der Waals surface area contributed by atoms with Gasteiger partial charge in [0.15, 0.2) is 5.89 Å². The monoisotopic (exact) mass is 336 g/mol. The fourth-order valence-electron chi connectivity index (χ4n) is 2.81. The highest BCUT2D eigenvalue weighted by molar-refractivity contribution is 6.06. The Kier molecular flexibility index (Phi) is 4.09. The molecule has 2 N–H and O–H groups in total. The van der Waals surface area contributed by atoms with Crippen LogP contribution in [0.2, 0.25) is 0 Å². The number of para-hydroxylation sites is 1. The number of nitrogens with zero attached hydrogens (tertiary/aromatic N) is 2. The molecule has 3 aromatic rings. The van der Waals surface area contributed by atoms with Crippen LogP contribution in [0.4, 0.5) is 5.82 Å². The number of fused-ring (bicyclic) bond motifs is 1. The predicted octanol–water partition coefficient (Wildman–Crippen LogP) is 3.46. The average Bonchev–Trinajstić information content (AvgIpc) is 3.38. The third-order valence-electron chi connectivity index (χ3n) is 4.24. The molecule has 2 aromatic heterocycles. The number of aromatic nitrogens is 2. The van der Waals surface area contributed by atoms with E-state index in [9.17, 15) is 4.79 Å². The standard InChI is InChI=1S/C19H20N4O2/c1-2-20-18(24)15-9-17(23-16-6-4-3-5-14(15)16)21-10-13-11-22-19(25-13)12-7-8-12/h3-6,9,11-12H,2,7-8,10H2,1H3,(H,20,24)(H,21,23). The van der Waals surface area contributed by atoms with Crippen molar-refractivity contribution < 1.29 is 9.21 Å². The van der Waals surface area contributed by atoms with Crippen molar-refractivity contribution in [2.45, 2.75) is 32.2 Å². The Balaban J connectivity index is 1.58. The zero-order chi connectivity index (χ0) is 17.2. The summed E-state index contributed by atoms with van der Waals surface area (Å²) in [5.74, 6) is 2.64. The van der Waals surface area contributed by atoms with Crippen molar-refractivity contribution in [2.75, 3.05) is 11.9 Å². The molecule has 0 radical (unpaired) electrons. The summed E-state index contributed by atoms with van der Waals surface area (Å²) in [5.41, 5.74) is 1.40. The van der Waals surface area contributed by atoms with Gasteiger partial charge in [0.2, 0.25) is 0 Å². The minimum Gasteiger partial charge on any atom is -0.444 e. The molecule has 6 nitrogen and oxygen atoms in total. The highest BCUT2D eigenvalue weighted by Crippen LogP contribution is 2.39. The molecule has 1 aliphatic rings. The van der Waals surface area contributed by atoms with E-state index in [1.165, 1.54) is 0 Å². The fraction of sp³-hybridized carbons (Fsp3) is 0.316. The van der Waals surface area contributed by atoms with E-state index in [2.05, 4.69) is 20.6 Å². The highest BCUT2D eigenvalue weighted by Gasteiger charge is 2.28.